The molecule has 1 unspecified atom stereocenters. The van der Waals surface area contributed by atoms with Crippen molar-refractivity contribution in [3.63, 3.8) is 0 Å². The van der Waals surface area contributed by atoms with E-state index in [0.29, 0.717) is 17.7 Å². The smallest absolute Gasteiger partial charge is 0.332 e. The lowest BCUT2D eigenvalue weighted by molar-refractivity contribution is 0.0650. The predicted molar refractivity (Wildman–Crippen MR) is 136 cm³/mol. The molecule has 34 heavy (non-hydrogen) atoms. The van der Waals surface area contributed by atoms with Crippen LogP contribution < -0.4 is 11.2 Å². The summed E-state index contributed by atoms with van der Waals surface area (Å²) in [5, 5.41) is 10.7. The Bertz CT molecular complexity index is 1220. The number of hydrogen-bond donors (Lipinski definition) is 1. The average Bonchev–Trinajstić information content (AvgIpc) is 3.24. The quantitative estimate of drug-likeness (QED) is 0.355. The third-order valence-corrected chi connectivity index (χ3v) is 7.57. The van der Waals surface area contributed by atoms with E-state index in [-0.39, 0.29) is 6.54 Å². The molecule has 3 heterocycles. The van der Waals surface area contributed by atoms with Gasteiger partial charge >= 0.3 is 5.69 Å². The van der Waals surface area contributed by atoms with Gasteiger partial charge in [-0.05, 0) is 37.8 Å². The van der Waals surface area contributed by atoms with E-state index in [1.807, 2.05) is 11.8 Å². The molecule has 0 saturated carbocycles. The highest BCUT2D eigenvalue weighted by Gasteiger charge is 2.21. The number of aliphatic hydroxyl groups is 1. The zero-order valence-electron chi connectivity index (χ0n) is 20.2. The van der Waals surface area contributed by atoms with Gasteiger partial charge in [0, 0.05) is 51.7 Å². The first kappa shape index (κ1) is 24.7. The summed E-state index contributed by atoms with van der Waals surface area (Å²) in [5.41, 5.74) is 1.18. The highest BCUT2D eigenvalue weighted by Crippen LogP contribution is 2.19. The van der Waals surface area contributed by atoms with Gasteiger partial charge in [0.1, 0.15) is 0 Å². The van der Waals surface area contributed by atoms with E-state index in [1.54, 1.807) is 11.6 Å². The van der Waals surface area contributed by atoms with E-state index >= 15 is 0 Å². The van der Waals surface area contributed by atoms with Crippen LogP contribution in [0.2, 0.25) is 0 Å². The number of thioether (sulfide) groups is 1. The zero-order valence-corrected chi connectivity index (χ0v) is 21.0. The Morgan fingerprint density at radius 3 is 2.38 bits per heavy atom. The van der Waals surface area contributed by atoms with Crippen molar-refractivity contribution in [2.75, 3.05) is 45.0 Å². The molecule has 3 aromatic rings. The number of nitrogens with zero attached hydrogens (tertiary/aromatic N) is 6. The molecule has 184 valence electrons. The van der Waals surface area contributed by atoms with E-state index in [4.69, 9.17) is 0 Å². The number of aliphatic hydroxyl groups excluding tert-OH is 1. The molecule has 0 amide bonds. The minimum atomic E-state index is -0.628. The van der Waals surface area contributed by atoms with Crippen molar-refractivity contribution in [3.8, 4) is 0 Å². The molecule has 1 aliphatic heterocycles. The number of rotatable bonds is 9. The van der Waals surface area contributed by atoms with Crippen molar-refractivity contribution in [2.24, 2.45) is 14.1 Å². The van der Waals surface area contributed by atoms with E-state index in [9.17, 15) is 14.7 Å². The van der Waals surface area contributed by atoms with Crippen molar-refractivity contribution in [1.82, 2.24) is 28.5 Å². The zero-order chi connectivity index (χ0) is 24.2. The molecular weight excluding hydrogens is 452 g/mol. The third kappa shape index (κ3) is 5.63. The van der Waals surface area contributed by atoms with Gasteiger partial charge in [-0.25, -0.2) is 9.78 Å². The second-order valence-electron chi connectivity index (χ2n) is 9.09. The van der Waals surface area contributed by atoms with Crippen LogP contribution in [0.4, 0.5) is 0 Å². The van der Waals surface area contributed by atoms with E-state index in [2.05, 4.69) is 46.0 Å². The summed E-state index contributed by atoms with van der Waals surface area (Å²) in [7, 11) is 3.05. The number of benzene rings is 1. The second kappa shape index (κ2) is 10.9. The topological polar surface area (TPSA) is 88.5 Å². The minimum Gasteiger partial charge on any atom is -0.390 e. The summed E-state index contributed by atoms with van der Waals surface area (Å²) in [6.45, 7) is 7.85. The first-order chi connectivity index (χ1) is 16.3. The molecule has 2 aromatic heterocycles. The van der Waals surface area contributed by atoms with Crippen LogP contribution in [-0.2, 0) is 20.6 Å². The maximum Gasteiger partial charge on any atom is 0.332 e. The van der Waals surface area contributed by atoms with Gasteiger partial charge < -0.3 is 14.6 Å². The first-order valence-electron chi connectivity index (χ1n) is 11.8. The molecule has 1 N–H and O–H groups in total. The van der Waals surface area contributed by atoms with Crippen LogP contribution in [0.15, 0.2) is 45.1 Å². The summed E-state index contributed by atoms with van der Waals surface area (Å²) in [4.78, 5) is 35.0. The molecule has 0 radical (unpaired) electrons. The number of imidazole rings is 1. The monoisotopic (exact) mass is 486 g/mol. The molecule has 10 heteroatoms. The minimum absolute atomic E-state index is 0.264. The van der Waals surface area contributed by atoms with Crippen LogP contribution in [0.5, 0.6) is 0 Å². The summed E-state index contributed by atoms with van der Waals surface area (Å²) < 4.78 is 4.09. The summed E-state index contributed by atoms with van der Waals surface area (Å²) in [5.74, 6) is 1.12. The number of piperazine rings is 1. The molecule has 9 nitrogen and oxygen atoms in total. The van der Waals surface area contributed by atoms with Gasteiger partial charge in [0.15, 0.2) is 11.2 Å². The molecule has 0 aliphatic carbocycles. The highest BCUT2D eigenvalue weighted by molar-refractivity contribution is 7.99. The number of β-amino-alcohol motifs (C(OH)–C–C–N with tert-alkyl or cyclic N) is 1. The third-order valence-electron chi connectivity index (χ3n) is 6.47. The van der Waals surface area contributed by atoms with E-state index in [0.717, 1.165) is 49.5 Å². The van der Waals surface area contributed by atoms with E-state index < -0.39 is 17.4 Å². The molecule has 1 aliphatic rings. The molecule has 1 fully saturated rings. The SMILES string of the molecule is Cc1ccc(SCCCN2CCN(CC(O)Cn3cnc4c3c(=O)n(C)c(=O)n4C)CC2)cc1. The van der Waals surface area contributed by atoms with Crippen molar-refractivity contribution >= 4 is 22.9 Å². The first-order valence-corrected chi connectivity index (χ1v) is 12.7. The van der Waals surface area contributed by atoms with Crippen molar-refractivity contribution in [3.05, 3.63) is 57.0 Å². The van der Waals surface area contributed by atoms with Gasteiger partial charge in [0.05, 0.1) is 19.0 Å². The number of aryl methyl sites for hydroxylation is 2. The van der Waals surface area contributed by atoms with Crippen LogP contribution in [0, 0.1) is 6.92 Å². The summed E-state index contributed by atoms with van der Waals surface area (Å²) in [6, 6.07) is 8.70. The Labute approximate surface area is 203 Å². The summed E-state index contributed by atoms with van der Waals surface area (Å²) in [6.07, 6.45) is 2.06. The molecule has 4 rings (SSSR count). The van der Waals surface area contributed by atoms with Crippen LogP contribution in [0.3, 0.4) is 0 Å². The Morgan fingerprint density at radius 2 is 1.68 bits per heavy atom. The largest absolute Gasteiger partial charge is 0.390 e. The van der Waals surface area contributed by atoms with Crippen LogP contribution >= 0.6 is 11.8 Å². The lowest BCUT2D eigenvalue weighted by Gasteiger charge is -2.35. The van der Waals surface area contributed by atoms with E-state index in [1.165, 1.54) is 28.4 Å². The normalized spacial score (nSPS) is 16.4. The van der Waals surface area contributed by atoms with Crippen LogP contribution in [0.25, 0.3) is 11.2 Å². The van der Waals surface area contributed by atoms with Crippen LogP contribution in [-0.4, -0.2) is 84.7 Å². The van der Waals surface area contributed by atoms with Gasteiger partial charge in [-0.3, -0.25) is 18.8 Å². The van der Waals surface area contributed by atoms with Gasteiger partial charge in [0.2, 0.25) is 0 Å². The fourth-order valence-electron chi connectivity index (χ4n) is 4.43. The molecular formula is C24H34N6O3S. The van der Waals surface area contributed by atoms with Crippen molar-refractivity contribution in [2.45, 2.75) is 30.9 Å². The standard InChI is InChI=1S/C24H34N6O3S/c1-18-5-7-20(8-6-18)34-14-4-9-28-10-12-29(13-11-28)15-19(31)16-30-17-25-22-21(30)23(32)27(3)24(33)26(22)2/h5-8,17,19,31H,4,9-16H2,1-3H3. The number of fused-ring (bicyclic) bond motifs is 1. The lowest BCUT2D eigenvalue weighted by atomic mass is 10.2. The second-order valence-corrected chi connectivity index (χ2v) is 10.3. The molecule has 1 saturated heterocycles. The summed E-state index contributed by atoms with van der Waals surface area (Å²) >= 11 is 1.91. The van der Waals surface area contributed by atoms with Crippen molar-refractivity contribution in [1.29, 1.82) is 0 Å². The fraction of sp³-hybridized carbons (Fsp3) is 0.542. The maximum absolute atomic E-state index is 12.6. The fourth-order valence-corrected chi connectivity index (χ4v) is 5.26. The van der Waals surface area contributed by atoms with Crippen LogP contribution in [0.1, 0.15) is 12.0 Å². The molecule has 1 aromatic carbocycles. The van der Waals surface area contributed by atoms with Gasteiger partial charge in [-0.1, -0.05) is 17.7 Å². The highest BCUT2D eigenvalue weighted by atomic mass is 32.2. The molecule has 1 atom stereocenters. The van der Waals surface area contributed by atoms with Crippen molar-refractivity contribution < 1.29 is 5.11 Å². The molecule has 0 bridgehead atoms. The predicted octanol–water partition coefficient (Wildman–Crippen LogP) is 0.903. The number of aromatic nitrogens is 4. The number of hydrogen-bond acceptors (Lipinski definition) is 7. The van der Waals surface area contributed by atoms with Gasteiger partial charge in [-0.15, -0.1) is 11.8 Å². The van der Waals surface area contributed by atoms with Gasteiger partial charge in [-0.2, -0.15) is 0 Å². The lowest BCUT2D eigenvalue weighted by Crippen LogP contribution is -2.49. The Balaban J connectivity index is 1.22. The molecule has 0 spiro atoms. The Morgan fingerprint density at radius 1 is 1.00 bits per heavy atom. The van der Waals surface area contributed by atoms with Gasteiger partial charge in [0.25, 0.3) is 5.56 Å². The Kier molecular flexibility index (Phi) is 7.92. The maximum atomic E-state index is 12.6. The average molecular weight is 487 g/mol. The Hall–Kier alpha value is -2.40.